The van der Waals surface area contributed by atoms with Crippen LogP contribution >= 0.6 is 0 Å². The van der Waals surface area contributed by atoms with Gasteiger partial charge in [-0.25, -0.2) is 0 Å². The van der Waals surface area contributed by atoms with Crippen LogP contribution in [0.1, 0.15) is 18.1 Å². The van der Waals surface area contributed by atoms with Crippen LogP contribution in [0, 0.1) is 6.92 Å². The van der Waals surface area contributed by atoms with E-state index in [0.717, 1.165) is 0 Å². The number of hydrogen-bond acceptors (Lipinski definition) is 1. The molecule has 1 heteroatoms. The van der Waals surface area contributed by atoms with Gasteiger partial charge in [0.1, 0.15) is 0 Å². The van der Waals surface area contributed by atoms with Gasteiger partial charge in [0.2, 0.25) is 0 Å². The van der Waals surface area contributed by atoms with Crippen LogP contribution in [0.4, 0.5) is 5.69 Å². The highest BCUT2D eigenvalue weighted by Crippen LogP contribution is 2.23. The van der Waals surface area contributed by atoms with Crippen molar-refractivity contribution < 1.29 is 0 Å². The third-order valence-corrected chi connectivity index (χ3v) is 2.48. The Bertz CT molecular complexity index is 388. The second-order valence-corrected chi connectivity index (χ2v) is 3.71. The highest BCUT2D eigenvalue weighted by molar-refractivity contribution is 5.71. The molecule has 0 saturated heterocycles. The monoisotopic (exact) mass is 185 g/mol. The van der Waals surface area contributed by atoms with Crippen LogP contribution in [0.15, 0.2) is 36.4 Å². The van der Waals surface area contributed by atoms with Gasteiger partial charge >= 0.3 is 0 Å². The SMILES string of the molecule is Cc1cccc2c1/C=C\C=C/C(C)N2. The number of benzene rings is 1. The average Bonchev–Trinajstić information content (AvgIpc) is 2.12. The number of hydrogen-bond donors (Lipinski definition) is 1. The van der Waals surface area contributed by atoms with Crippen molar-refractivity contribution in [3.05, 3.63) is 47.6 Å². The van der Waals surface area contributed by atoms with E-state index in [1.54, 1.807) is 0 Å². The molecule has 2 rings (SSSR count). The van der Waals surface area contributed by atoms with Gasteiger partial charge in [0, 0.05) is 17.3 Å². The fourth-order valence-electron chi connectivity index (χ4n) is 1.70. The zero-order valence-corrected chi connectivity index (χ0v) is 8.62. The Morgan fingerprint density at radius 2 is 2.07 bits per heavy atom. The smallest absolute Gasteiger partial charge is 0.0420 e. The van der Waals surface area contributed by atoms with Crippen LogP contribution in [-0.4, -0.2) is 6.04 Å². The molecule has 72 valence electrons. The van der Waals surface area contributed by atoms with E-state index < -0.39 is 0 Å². The van der Waals surface area contributed by atoms with Crippen LogP contribution < -0.4 is 5.32 Å². The average molecular weight is 185 g/mol. The molecule has 1 unspecified atom stereocenters. The third kappa shape index (κ3) is 1.72. The molecule has 14 heavy (non-hydrogen) atoms. The molecule has 0 amide bonds. The maximum Gasteiger partial charge on any atom is 0.0420 e. The minimum Gasteiger partial charge on any atom is -0.379 e. The van der Waals surface area contributed by atoms with Gasteiger partial charge < -0.3 is 5.32 Å². The van der Waals surface area contributed by atoms with E-state index in [1.165, 1.54) is 16.8 Å². The summed E-state index contributed by atoms with van der Waals surface area (Å²) in [6.07, 6.45) is 8.50. The molecule has 1 aromatic rings. The van der Waals surface area contributed by atoms with E-state index >= 15 is 0 Å². The lowest BCUT2D eigenvalue weighted by Gasteiger charge is -2.16. The summed E-state index contributed by atoms with van der Waals surface area (Å²) >= 11 is 0. The number of fused-ring (bicyclic) bond motifs is 1. The zero-order valence-electron chi connectivity index (χ0n) is 8.62. The largest absolute Gasteiger partial charge is 0.379 e. The highest BCUT2D eigenvalue weighted by Gasteiger charge is 2.05. The number of aryl methyl sites for hydroxylation is 1. The van der Waals surface area contributed by atoms with Crippen molar-refractivity contribution in [1.82, 2.24) is 0 Å². The maximum absolute atomic E-state index is 3.47. The van der Waals surface area contributed by atoms with Gasteiger partial charge in [-0.05, 0) is 25.5 Å². The Labute approximate surface area is 85.2 Å². The first-order valence-electron chi connectivity index (χ1n) is 4.98. The molecule has 0 spiro atoms. The first-order chi connectivity index (χ1) is 6.77. The third-order valence-electron chi connectivity index (χ3n) is 2.48. The highest BCUT2D eigenvalue weighted by atomic mass is 14.9. The summed E-state index contributed by atoms with van der Waals surface area (Å²) in [5.41, 5.74) is 3.83. The lowest BCUT2D eigenvalue weighted by molar-refractivity contribution is 0.994. The van der Waals surface area contributed by atoms with Gasteiger partial charge in [0.25, 0.3) is 0 Å². The summed E-state index contributed by atoms with van der Waals surface area (Å²) in [5.74, 6) is 0. The molecule has 1 aliphatic heterocycles. The molecule has 1 atom stereocenters. The summed E-state index contributed by atoms with van der Waals surface area (Å²) in [5, 5.41) is 3.47. The predicted molar refractivity (Wildman–Crippen MR) is 62.4 cm³/mol. The Balaban J connectivity index is 2.51. The molecule has 1 N–H and O–H groups in total. The first kappa shape index (κ1) is 9.07. The van der Waals surface area contributed by atoms with Crippen molar-refractivity contribution >= 4 is 11.8 Å². The van der Waals surface area contributed by atoms with E-state index in [2.05, 4.69) is 61.7 Å². The van der Waals surface area contributed by atoms with E-state index in [-0.39, 0.29) is 0 Å². The van der Waals surface area contributed by atoms with Gasteiger partial charge in [-0.1, -0.05) is 36.4 Å². The van der Waals surface area contributed by atoms with Crippen molar-refractivity contribution in [2.75, 3.05) is 5.32 Å². The molecular formula is C13H15N. The van der Waals surface area contributed by atoms with E-state index in [1.807, 2.05) is 0 Å². The van der Waals surface area contributed by atoms with Crippen LogP contribution in [0.25, 0.3) is 6.08 Å². The number of anilines is 1. The maximum atomic E-state index is 3.47. The lowest BCUT2D eigenvalue weighted by atomic mass is 10.0. The van der Waals surface area contributed by atoms with Crippen LogP contribution in [0.2, 0.25) is 0 Å². The fraction of sp³-hybridized carbons (Fsp3) is 0.231. The molecular weight excluding hydrogens is 170 g/mol. The van der Waals surface area contributed by atoms with Crippen LogP contribution in [0.3, 0.4) is 0 Å². The second-order valence-electron chi connectivity index (χ2n) is 3.71. The van der Waals surface area contributed by atoms with Crippen molar-refractivity contribution in [2.45, 2.75) is 19.9 Å². The summed E-state index contributed by atoms with van der Waals surface area (Å²) < 4.78 is 0. The molecule has 1 nitrogen and oxygen atoms in total. The summed E-state index contributed by atoms with van der Waals surface area (Å²) in [6, 6.07) is 6.75. The van der Waals surface area contributed by atoms with Crippen molar-refractivity contribution in [1.29, 1.82) is 0 Å². The Hall–Kier alpha value is -1.50. The molecule has 1 aromatic carbocycles. The molecule has 0 bridgehead atoms. The molecule has 0 fully saturated rings. The van der Waals surface area contributed by atoms with Crippen molar-refractivity contribution in [3.8, 4) is 0 Å². The van der Waals surface area contributed by atoms with E-state index in [9.17, 15) is 0 Å². The minimum atomic E-state index is 0.389. The fourth-order valence-corrected chi connectivity index (χ4v) is 1.70. The Kier molecular flexibility index (Phi) is 2.40. The molecule has 1 heterocycles. The molecule has 0 radical (unpaired) electrons. The van der Waals surface area contributed by atoms with Gasteiger partial charge in [0.15, 0.2) is 0 Å². The Morgan fingerprint density at radius 3 is 2.93 bits per heavy atom. The van der Waals surface area contributed by atoms with E-state index in [4.69, 9.17) is 0 Å². The molecule has 0 saturated carbocycles. The lowest BCUT2D eigenvalue weighted by Crippen LogP contribution is -2.13. The van der Waals surface area contributed by atoms with Gasteiger partial charge in [-0.15, -0.1) is 0 Å². The van der Waals surface area contributed by atoms with Gasteiger partial charge in [0.05, 0.1) is 0 Å². The second kappa shape index (κ2) is 3.70. The summed E-state index contributed by atoms with van der Waals surface area (Å²) in [6.45, 7) is 4.29. The number of nitrogens with one attached hydrogen (secondary N) is 1. The standard InChI is InChI=1S/C13H15N/c1-10-6-5-9-13-12(10)8-4-3-7-11(2)14-13/h3-9,11,14H,1-2H3/b7-3-,8-4-. The molecule has 0 aliphatic carbocycles. The van der Waals surface area contributed by atoms with Gasteiger partial charge in [-0.3, -0.25) is 0 Å². The van der Waals surface area contributed by atoms with Gasteiger partial charge in [-0.2, -0.15) is 0 Å². The topological polar surface area (TPSA) is 12.0 Å². The Morgan fingerprint density at radius 1 is 1.21 bits per heavy atom. The summed E-state index contributed by atoms with van der Waals surface area (Å²) in [7, 11) is 0. The minimum absolute atomic E-state index is 0.389. The van der Waals surface area contributed by atoms with Crippen LogP contribution in [-0.2, 0) is 0 Å². The zero-order chi connectivity index (χ0) is 9.97. The molecule has 0 aromatic heterocycles. The number of rotatable bonds is 0. The quantitative estimate of drug-likeness (QED) is 0.653. The first-order valence-corrected chi connectivity index (χ1v) is 4.98. The van der Waals surface area contributed by atoms with Crippen molar-refractivity contribution in [3.63, 3.8) is 0 Å². The van der Waals surface area contributed by atoms with Crippen molar-refractivity contribution in [2.24, 2.45) is 0 Å². The summed E-state index contributed by atoms with van der Waals surface area (Å²) in [4.78, 5) is 0. The molecule has 1 aliphatic rings. The van der Waals surface area contributed by atoms with E-state index in [0.29, 0.717) is 6.04 Å². The predicted octanol–water partition coefficient (Wildman–Crippen LogP) is 3.38. The number of allylic oxidation sites excluding steroid dienone is 2. The van der Waals surface area contributed by atoms with Crippen LogP contribution in [0.5, 0.6) is 0 Å². The normalized spacial score (nSPS) is 24.0.